The number of aliphatic hydroxyl groups is 1. The lowest BCUT2D eigenvalue weighted by atomic mass is 9.98. The Bertz CT molecular complexity index is 595. The van der Waals surface area contributed by atoms with E-state index < -0.39 is 6.10 Å². The molecular formula is C16H16ClFO. The molecule has 0 heterocycles. The van der Waals surface area contributed by atoms with E-state index in [2.05, 4.69) is 0 Å². The molecule has 2 aromatic carbocycles. The molecule has 0 spiro atoms. The van der Waals surface area contributed by atoms with Crippen LogP contribution < -0.4 is 0 Å². The van der Waals surface area contributed by atoms with Crippen LogP contribution in [0.5, 0.6) is 0 Å². The zero-order chi connectivity index (χ0) is 14.0. The Morgan fingerprint density at radius 1 is 1.11 bits per heavy atom. The SMILES string of the molecule is Cc1ccc(C(O)Cc2cc(Cl)ccc2F)cc1C. The molecule has 0 aliphatic rings. The smallest absolute Gasteiger partial charge is 0.126 e. The number of hydrogen-bond donors (Lipinski definition) is 1. The van der Waals surface area contributed by atoms with Crippen LogP contribution in [0.3, 0.4) is 0 Å². The van der Waals surface area contributed by atoms with Crippen molar-refractivity contribution in [3.8, 4) is 0 Å². The molecule has 0 bridgehead atoms. The Kier molecular flexibility index (Phi) is 4.23. The lowest BCUT2D eigenvalue weighted by molar-refractivity contribution is 0.177. The topological polar surface area (TPSA) is 20.2 Å². The maximum absolute atomic E-state index is 13.6. The fourth-order valence-corrected chi connectivity index (χ4v) is 2.19. The summed E-state index contributed by atoms with van der Waals surface area (Å²) in [6.45, 7) is 4.01. The van der Waals surface area contributed by atoms with Crippen molar-refractivity contribution < 1.29 is 9.50 Å². The van der Waals surface area contributed by atoms with E-state index in [-0.39, 0.29) is 12.2 Å². The Balaban J connectivity index is 2.22. The molecule has 0 aliphatic heterocycles. The normalized spacial score (nSPS) is 12.5. The Morgan fingerprint density at radius 2 is 1.84 bits per heavy atom. The first kappa shape index (κ1) is 14.0. The van der Waals surface area contributed by atoms with Gasteiger partial charge in [0.1, 0.15) is 5.82 Å². The highest BCUT2D eigenvalue weighted by atomic mass is 35.5. The number of halogens is 2. The number of hydrogen-bond acceptors (Lipinski definition) is 1. The van der Waals surface area contributed by atoms with Gasteiger partial charge in [0.05, 0.1) is 6.10 Å². The summed E-state index contributed by atoms with van der Waals surface area (Å²) in [4.78, 5) is 0. The van der Waals surface area contributed by atoms with Crippen LogP contribution in [0, 0.1) is 19.7 Å². The van der Waals surface area contributed by atoms with Gasteiger partial charge in [0.25, 0.3) is 0 Å². The van der Waals surface area contributed by atoms with Crippen molar-refractivity contribution in [3.63, 3.8) is 0 Å². The molecule has 0 saturated heterocycles. The van der Waals surface area contributed by atoms with Crippen molar-refractivity contribution in [1.29, 1.82) is 0 Å². The van der Waals surface area contributed by atoms with Crippen LogP contribution >= 0.6 is 11.6 Å². The lowest BCUT2D eigenvalue weighted by Crippen LogP contribution is -2.04. The van der Waals surface area contributed by atoms with E-state index in [0.717, 1.165) is 11.1 Å². The predicted octanol–water partition coefficient (Wildman–Crippen LogP) is 4.37. The molecule has 0 saturated carbocycles. The largest absolute Gasteiger partial charge is 0.388 e. The average Bonchev–Trinajstić information content (AvgIpc) is 2.37. The second-order valence-electron chi connectivity index (χ2n) is 4.80. The minimum absolute atomic E-state index is 0.217. The minimum Gasteiger partial charge on any atom is -0.388 e. The summed E-state index contributed by atoms with van der Waals surface area (Å²) >= 11 is 5.84. The van der Waals surface area contributed by atoms with E-state index >= 15 is 0 Å². The Hall–Kier alpha value is -1.38. The second kappa shape index (κ2) is 5.72. The molecule has 3 heteroatoms. The summed E-state index contributed by atoms with van der Waals surface area (Å²) in [6, 6.07) is 10.1. The van der Waals surface area contributed by atoms with Crippen LogP contribution in [0.1, 0.15) is 28.4 Å². The van der Waals surface area contributed by atoms with Gasteiger partial charge in [-0.25, -0.2) is 4.39 Å². The van der Waals surface area contributed by atoms with Gasteiger partial charge >= 0.3 is 0 Å². The zero-order valence-corrected chi connectivity index (χ0v) is 11.7. The van der Waals surface area contributed by atoms with E-state index in [1.165, 1.54) is 17.7 Å². The summed E-state index contributed by atoms with van der Waals surface area (Å²) in [5.74, 6) is -0.340. The van der Waals surface area contributed by atoms with Crippen LogP contribution in [0.4, 0.5) is 4.39 Å². The monoisotopic (exact) mass is 278 g/mol. The molecule has 100 valence electrons. The third-order valence-corrected chi connectivity index (χ3v) is 3.57. The van der Waals surface area contributed by atoms with Gasteiger partial charge in [-0.1, -0.05) is 29.8 Å². The maximum atomic E-state index is 13.6. The van der Waals surface area contributed by atoms with Crippen LogP contribution in [0.25, 0.3) is 0 Å². The molecule has 1 unspecified atom stereocenters. The molecular weight excluding hydrogens is 263 g/mol. The van der Waals surface area contributed by atoms with Gasteiger partial charge in [0, 0.05) is 11.4 Å². The molecule has 2 rings (SSSR count). The molecule has 0 aromatic heterocycles. The summed E-state index contributed by atoms with van der Waals surface area (Å²) in [7, 11) is 0. The van der Waals surface area contributed by atoms with Gasteiger partial charge in [0.2, 0.25) is 0 Å². The molecule has 19 heavy (non-hydrogen) atoms. The van der Waals surface area contributed by atoms with Gasteiger partial charge in [-0.3, -0.25) is 0 Å². The highest BCUT2D eigenvalue weighted by molar-refractivity contribution is 6.30. The lowest BCUT2D eigenvalue weighted by Gasteiger charge is -2.13. The minimum atomic E-state index is -0.729. The first-order chi connectivity index (χ1) is 8.97. The summed E-state index contributed by atoms with van der Waals surface area (Å²) in [6.07, 6.45) is -0.512. The van der Waals surface area contributed by atoms with Crippen LogP contribution in [0.15, 0.2) is 36.4 Å². The van der Waals surface area contributed by atoms with Crippen LogP contribution in [0.2, 0.25) is 5.02 Å². The van der Waals surface area contributed by atoms with Gasteiger partial charge in [-0.15, -0.1) is 0 Å². The molecule has 0 amide bonds. The van der Waals surface area contributed by atoms with Crippen molar-refractivity contribution in [2.45, 2.75) is 26.4 Å². The van der Waals surface area contributed by atoms with Crippen molar-refractivity contribution in [2.75, 3.05) is 0 Å². The van der Waals surface area contributed by atoms with E-state index in [1.54, 1.807) is 6.07 Å². The van der Waals surface area contributed by atoms with E-state index in [4.69, 9.17) is 11.6 Å². The zero-order valence-electron chi connectivity index (χ0n) is 11.0. The Labute approximate surface area is 117 Å². The van der Waals surface area contributed by atoms with Gasteiger partial charge in [-0.2, -0.15) is 0 Å². The maximum Gasteiger partial charge on any atom is 0.126 e. The molecule has 1 nitrogen and oxygen atoms in total. The average molecular weight is 279 g/mol. The molecule has 1 N–H and O–H groups in total. The fourth-order valence-electron chi connectivity index (χ4n) is 2.00. The number of aryl methyl sites for hydroxylation is 2. The molecule has 0 radical (unpaired) electrons. The quantitative estimate of drug-likeness (QED) is 0.884. The number of benzene rings is 2. The van der Waals surface area contributed by atoms with E-state index in [1.807, 2.05) is 32.0 Å². The van der Waals surface area contributed by atoms with Crippen molar-refractivity contribution in [1.82, 2.24) is 0 Å². The van der Waals surface area contributed by atoms with Crippen LogP contribution in [-0.2, 0) is 6.42 Å². The van der Waals surface area contributed by atoms with Gasteiger partial charge in [0.15, 0.2) is 0 Å². The molecule has 0 fully saturated rings. The van der Waals surface area contributed by atoms with Gasteiger partial charge < -0.3 is 5.11 Å². The highest BCUT2D eigenvalue weighted by Crippen LogP contribution is 2.24. The number of aliphatic hydroxyl groups excluding tert-OH is 1. The van der Waals surface area contributed by atoms with E-state index in [9.17, 15) is 9.50 Å². The predicted molar refractivity (Wildman–Crippen MR) is 76.0 cm³/mol. The highest BCUT2D eigenvalue weighted by Gasteiger charge is 2.12. The fraction of sp³-hybridized carbons (Fsp3) is 0.250. The van der Waals surface area contributed by atoms with Crippen LogP contribution in [-0.4, -0.2) is 5.11 Å². The summed E-state index contributed by atoms with van der Waals surface area (Å²) in [5.41, 5.74) is 3.51. The molecule has 0 aliphatic carbocycles. The standard InChI is InChI=1S/C16H16ClFO/c1-10-3-4-12(7-11(10)2)16(19)9-13-8-14(17)5-6-15(13)18/h3-8,16,19H,9H2,1-2H3. The number of rotatable bonds is 3. The van der Waals surface area contributed by atoms with Crippen molar-refractivity contribution in [2.24, 2.45) is 0 Å². The first-order valence-corrected chi connectivity index (χ1v) is 6.54. The van der Waals surface area contributed by atoms with Gasteiger partial charge in [-0.05, 0) is 54.3 Å². The first-order valence-electron chi connectivity index (χ1n) is 6.16. The Morgan fingerprint density at radius 3 is 2.53 bits per heavy atom. The molecule has 1 atom stereocenters. The van der Waals surface area contributed by atoms with E-state index in [0.29, 0.717) is 10.6 Å². The summed E-state index contributed by atoms with van der Waals surface area (Å²) in [5, 5.41) is 10.7. The third kappa shape index (κ3) is 3.34. The van der Waals surface area contributed by atoms with Crippen molar-refractivity contribution in [3.05, 3.63) is 69.5 Å². The third-order valence-electron chi connectivity index (χ3n) is 3.34. The second-order valence-corrected chi connectivity index (χ2v) is 5.24. The molecule has 2 aromatic rings. The van der Waals surface area contributed by atoms with Crippen molar-refractivity contribution >= 4 is 11.6 Å². The summed E-state index contributed by atoms with van der Waals surface area (Å²) < 4.78 is 13.6.